The van der Waals surface area contributed by atoms with Gasteiger partial charge in [-0.25, -0.2) is 4.31 Å². The van der Waals surface area contributed by atoms with Crippen LogP contribution in [0.1, 0.15) is 26.0 Å². The molecule has 1 aliphatic rings. The molecule has 18 heavy (non-hydrogen) atoms. The van der Waals surface area contributed by atoms with E-state index >= 15 is 0 Å². The number of hydrogen-bond acceptors (Lipinski definition) is 2. The lowest BCUT2D eigenvalue weighted by Gasteiger charge is -2.09. The van der Waals surface area contributed by atoms with Crippen LogP contribution in [0.2, 0.25) is 0 Å². The standard InChI is InChI=1S/C14H21IN2S/c1-11(2)9-13-10-12(3)17(15)14(13)5-7-16-6-4-8-18-16/h5,9-11H,4,6-8H2,1-3H3/b13-9-,14-5+. The van der Waals surface area contributed by atoms with Crippen molar-refractivity contribution in [2.75, 3.05) is 18.8 Å². The van der Waals surface area contributed by atoms with Crippen LogP contribution < -0.4 is 10.6 Å². The molecule has 0 saturated carbocycles. The molecule has 1 saturated heterocycles. The number of rotatable bonds is 3. The van der Waals surface area contributed by atoms with E-state index in [4.69, 9.17) is 0 Å². The van der Waals surface area contributed by atoms with Crippen molar-refractivity contribution in [2.45, 2.75) is 27.2 Å². The lowest BCUT2D eigenvalue weighted by atomic mass is 10.2. The van der Waals surface area contributed by atoms with E-state index in [1.54, 1.807) is 0 Å². The van der Waals surface area contributed by atoms with Gasteiger partial charge in [-0.15, -0.1) is 0 Å². The SMILES string of the molecule is Cc1cc(=C/C(C)C)/c(=C\CN2CCCS2)n1I. The molecule has 2 nitrogen and oxygen atoms in total. The van der Waals surface area contributed by atoms with Crippen LogP contribution in [0.5, 0.6) is 0 Å². The average molecular weight is 376 g/mol. The third-order valence-corrected chi connectivity index (χ3v) is 5.46. The van der Waals surface area contributed by atoms with Gasteiger partial charge >= 0.3 is 0 Å². The summed E-state index contributed by atoms with van der Waals surface area (Å²) in [5, 5.41) is 2.73. The van der Waals surface area contributed by atoms with Crippen LogP contribution >= 0.6 is 34.8 Å². The predicted octanol–water partition coefficient (Wildman–Crippen LogP) is 2.57. The molecule has 2 rings (SSSR count). The van der Waals surface area contributed by atoms with Gasteiger partial charge in [0.15, 0.2) is 0 Å². The molecule has 0 N–H and O–H groups in total. The Morgan fingerprint density at radius 1 is 1.50 bits per heavy atom. The van der Waals surface area contributed by atoms with E-state index in [1.807, 2.05) is 11.9 Å². The van der Waals surface area contributed by atoms with Gasteiger partial charge in [-0.05, 0) is 36.6 Å². The number of halogens is 1. The molecule has 1 aromatic heterocycles. The summed E-state index contributed by atoms with van der Waals surface area (Å²) in [5.41, 5.74) is 1.32. The van der Waals surface area contributed by atoms with Crippen molar-refractivity contribution in [1.82, 2.24) is 7.09 Å². The molecular weight excluding hydrogens is 355 g/mol. The van der Waals surface area contributed by atoms with E-state index in [0.29, 0.717) is 5.92 Å². The summed E-state index contributed by atoms with van der Waals surface area (Å²) in [5.74, 6) is 1.87. The third kappa shape index (κ3) is 3.54. The summed E-state index contributed by atoms with van der Waals surface area (Å²) >= 11 is 4.37. The largest absolute Gasteiger partial charge is 0.287 e. The topological polar surface area (TPSA) is 8.17 Å². The predicted molar refractivity (Wildman–Crippen MR) is 90.3 cm³/mol. The van der Waals surface area contributed by atoms with Gasteiger partial charge in [0.1, 0.15) is 0 Å². The van der Waals surface area contributed by atoms with Crippen LogP contribution in [0.4, 0.5) is 0 Å². The maximum atomic E-state index is 2.46. The van der Waals surface area contributed by atoms with Crippen molar-refractivity contribution in [3.8, 4) is 0 Å². The highest BCUT2D eigenvalue weighted by Crippen LogP contribution is 2.18. The van der Waals surface area contributed by atoms with Crippen molar-refractivity contribution in [1.29, 1.82) is 0 Å². The Morgan fingerprint density at radius 2 is 2.28 bits per heavy atom. The monoisotopic (exact) mass is 376 g/mol. The van der Waals surface area contributed by atoms with Gasteiger partial charge in [0.05, 0.1) is 28.2 Å². The summed E-state index contributed by atoms with van der Waals surface area (Å²) in [6.07, 6.45) is 6.05. The first-order valence-electron chi connectivity index (χ1n) is 6.52. The summed E-state index contributed by atoms with van der Waals surface area (Å²) in [6.45, 7) is 8.92. The van der Waals surface area contributed by atoms with Crippen LogP contribution in [0.3, 0.4) is 0 Å². The molecule has 100 valence electrons. The molecule has 4 heteroatoms. The highest BCUT2D eigenvalue weighted by molar-refractivity contribution is 14.1. The van der Waals surface area contributed by atoms with Crippen LogP contribution in [0, 0.1) is 12.8 Å². The molecule has 0 atom stereocenters. The Labute approximate surface area is 128 Å². The number of hydrogen-bond donors (Lipinski definition) is 0. The van der Waals surface area contributed by atoms with Crippen LogP contribution in [0.15, 0.2) is 6.07 Å². The molecule has 1 aliphatic heterocycles. The molecule has 0 aromatic carbocycles. The molecule has 0 spiro atoms. The minimum atomic E-state index is 0.594. The number of aromatic nitrogens is 1. The molecule has 0 bridgehead atoms. The Bertz CT molecular complexity index is 513. The van der Waals surface area contributed by atoms with Gasteiger partial charge < -0.3 is 0 Å². The minimum absolute atomic E-state index is 0.594. The van der Waals surface area contributed by atoms with E-state index in [0.717, 1.165) is 6.54 Å². The molecule has 1 aromatic rings. The van der Waals surface area contributed by atoms with E-state index in [1.165, 1.54) is 35.0 Å². The van der Waals surface area contributed by atoms with Crippen molar-refractivity contribution in [2.24, 2.45) is 5.92 Å². The third-order valence-electron chi connectivity index (χ3n) is 3.01. The fraction of sp³-hybridized carbons (Fsp3) is 0.571. The average Bonchev–Trinajstić information content (AvgIpc) is 2.88. The Morgan fingerprint density at radius 3 is 2.89 bits per heavy atom. The van der Waals surface area contributed by atoms with Crippen molar-refractivity contribution < 1.29 is 0 Å². The van der Waals surface area contributed by atoms with Gasteiger partial charge in [0.2, 0.25) is 0 Å². The van der Waals surface area contributed by atoms with E-state index in [-0.39, 0.29) is 0 Å². The second-order valence-electron chi connectivity index (χ2n) is 5.10. The number of aryl methyl sites for hydroxylation is 1. The zero-order valence-electron chi connectivity index (χ0n) is 11.3. The Hall–Kier alpha value is 0.0600. The molecular formula is C14H21IN2S. The molecule has 0 aliphatic carbocycles. The lowest BCUT2D eigenvalue weighted by molar-refractivity contribution is 0.559. The highest BCUT2D eigenvalue weighted by Gasteiger charge is 2.10. The molecule has 0 radical (unpaired) electrons. The van der Waals surface area contributed by atoms with Gasteiger partial charge in [0, 0.05) is 24.5 Å². The fourth-order valence-corrected chi connectivity index (χ4v) is 3.75. The second-order valence-corrected chi connectivity index (χ2v) is 7.24. The lowest BCUT2D eigenvalue weighted by Crippen LogP contribution is -2.28. The summed E-state index contributed by atoms with van der Waals surface area (Å²) < 4.78 is 4.73. The van der Waals surface area contributed by atoms with Gasteiger partial charge in [-0.1, -0.05) is 31.9 Å². The van der Waals surface area contributed by atoms with E-state index < -0.39 is 0 Å². The Kier molecular flexibility index (Phi) is 5.21. The van der Waals surface area contributed by atoms with Crippen LogP contribution in [-0.2, 0) is 0 Å². The summed E-state index contributed by atoms with van der Waals surface area (Å²) in [6, 6.07) is 2.29. The number of nitrogens with zero attached hydrogens (tertiary/aromatic N) is 2. The first-order chi connectivity index (χ1) is 8.58. The van der Waals surface area contributed by atoms with E-state index in [2.05, 4.69) is 68.9 Å². The minimum Gasteiger partial charge on any atom is -0.287 e. The molecule has 2 heterocycles. The molecule has 1 fully saturated rings. The molecule has 0 amide bonds. The van der Waals surface area contributed by atoms with Crippen molar-refractivity contribution >= 4 is 47.0 Å². The maximum absolute atomic E-state index is 2.46. The first-order valence-corrected chi connectivity index (χ1v) is 8.43. The van der Waals surface area contributed by atoms with Gasteiger partial charge in [0.25, 0.3) is 0 Å². The van der Waals surface area contributed by atoms with Crippen molar-refractivity contribution in [3.05, 3.63) is 22.3 Å². The summed E-state index contributed by atoms with van der Waals surface area (Å²) in [7, 11) is 0. The zero-order chi connectivity index (χ0) is 13.1. The first kappa shape index (κ1) is 14.5. The Balaban J connectivity index is 2.32. The van der Waals surface area contributed by atoms with Crippen LogP contribution in [0.25, 0.3) is 12.2 Å². The summed E-state index contributed by atoms with van der Waals surface area (Å²) in [4.78, 5) is 0. The normalized spacial score (nSPS) is 19.4. The maximum Gasteiger partial charge on any atom is 0.0643 e. The highest BCUT2D eigenvalue weighted by atomic mass is 127. The van der Waals surface area contributed by atoms with Gasteiger partial charge in [-0.2, -0.15) is 0 Å². The zero-order valence-corrected chi connectivity index (χ0v) is 14.3. The van der Waals surface area contributed by atoms with Crippen LogP contribution in [-0.4, -0.2) is 25.9 Å². The second kappa shape index (κ2) is 6.48. The molecule has 0 unspecified atom stereocenters. The van der Waals surface area contributed by atoms with E-state index in [9.17, 15) is 0 Å². The fourth-order valence-electron chi connectivity index (χ4n) is 2.18. The smallest absolute Gasteiger partial charge is 0.0643 e. The van der Waals surface area contributed by atoms with Crippen molar-refractivity contribution in [3.63, 3.8) is 0 Å². The quantitative estimate of drug-likeness (QED) is 0.592. The van der Waals surface area contributed by atoms with Gasteiger partial charge in [-0.3, -0.25) is 2.78 Å².